The molecule has 2 aromatic heterocycles. The third-order valence-electron chi connectivity index (χ3n) is 5.08. The summed E-state index contributed by atoms with van der Waals surface area (Å²) < 4.78 is 5.42. The zero-order valence-corrected chi connectivity index (χ0v) is 18.8. The van der Waals surface area contributed by atoms with Gasteiger partial charge in [0, 0.05) is 38.9 Å². The fraction of sp³-hybridized carbons (Fsp3) is 0.450. The number of nitrogens with zero attached hydrogens (tertiary/aromatic N) is 5. The van der Waals surface area contributed by atoms with Crippen molar-refractivity contribution in [1.29, 1.82) is 0 Å². The monoisotopic (exact) mass is 449 g/mol. The van der Waals surface area contributed by atoms with Crippen molar-refractivity contribution < 1.29 is 19.4 Å². The summed E-state index contributed by atoms with van der Waals surface area (Å²) in [5.41, 5.74) is -0.432. The minimum atomic E-state index is -2.35. The van der Waals surface area contributed by atoms with E-state index in [0.717, 1.165) is 6.41 Å². The highest BCUT2D eigenvalue weighted by atomic mass is 16.5. The molecular weight excluding hydrogens is 424 g/mol. The van der Waals surface area contributed by atoms with Crippen LogP contribution in [0.1, 0.15) is 28.9 Å². The molecule has 0 bridgehead atoms. The third-order valence-corrected chi connectivity index (χ3v) is 5.08. The van der Waals surface area contributed by atoms with Gasteiger partial charge in [0.05, 0.1) is 23.8 Å². The number of nitrogens with one attached hydrogen (secondary N) is 2. The SMILES string of the molecule is [B]C([B])(O)NC(=O)c1cc(C)c(Nc2ncc(N(C)C)c(N(C=O)C3CCOCC3)n2)cn1. The lowest BCUT2D eigenvalue weighted by Crippen LogP contribution is -2.49. The molecule has 3 N–H and O–H groups in total. The summed E-state index contributed by atoms with van der Waals surface area (Å²) in [7, 11) is 14.1. The van der Waals surface area contributed by atoms with Gasteiger partial charge in [-0.15, -0.1) is 0 Å². The number of anilines is 4. The Morgan fingerprint density at radius 3 is 2.55 bits per heavy atom. The molecule has 11 nitrogen and oxygen atoms in total. The van der Waals surface area contributed by atoms with Crippen LogP contribution in [0.15, 0.2) is 18.5 Å². The number of carbonyl (C=O) groups is 2. The molecule has 1 aliphatic rings. The van der Waals surface area contributed by atoms with Gasteiger partial charge in [-0.1, -0.05) is 0 Å². The molecule has 0 unspecified atom stereocenters. The third kappa shape index (κ3) is 6.20. The smallest absolute Gasteiger partial charge is 0.270 e. The second kappa shape index (κ2) is 10.2. The predicted octanol–water partition coefficient (Wildman–Crippen LogP) is -0.198. The summed E-state index contributed by atoms with van der Waals surface area (Å²) >= 11 is 0. The molecule has 33 heavy (non-hydrogen) atoms. The molecule has 3 heterocycles. The highest BCUT2D eigenvalue weighted by Crippen LogP contribution is 2.30. The Labute approximate surface area is 194 Å². The van der Waals surface area contributed by atoms with Gasteiger partial charge in [0.25, 0.3) is 5.91 Å². The summed E-state index contributed by atoms with van der Waals surface area (Å²) in [5.74, 6) is 0.00481. The molecular formula is C20H25B2N7O4. The van der Waals surface area contributed by atoms with Crippen molar-refractivity contribution in [3.05, 3.63) is 29.7 Å². The molecule has 3 rings (SSSR count). The average molecular weight is 449 g/mol. The van der Waals surface area contributed by atoms with E-state index < -0.39 is 11.4 Å². The summed E-state index contributed by atoms with van der Waals surface area (Å²) in [5, 5.41) is 14.4. The molecule has 1 fully saturated rings. The number of aryl methyl sites for hydroxylation is 1. The van der Waals surface area contributed by atoms with Crippen molar-refractivity contribution in [2.45, 2.75) is 31.3 Å². The standard InChI is InChI=1S/C20H25B2N7O4/c1-12-8-14(18(31)27-20(21,22)32)23-9-15(12)25-19-24-10-16(28(2)3)17(26-19)29(11-30)13-4-6-33-7-5-13/h8-11,13,32H,4-7H2,1-3H3,(H,27,31)(H,24,25,26). The minimum absolute atomic E-state index is 0.0172. The van der Waals surface area contributed by atoms with Gasteiger partial charge >= 0.3 is 0 Å². The Kier molecular flexibility index (Phi) is 7.54. The molecule has 2 amide bonds. The quantitative estimate of drug-likeness (QED) is 0.285. The van der Waals surface area contributed by atoms with Gasteiger partial charge in [0.15, 0.2) is 5.82 Å². The maximum atomic E-state index is 12.1. The van der Waals surface area contributed by atoms with Crippen LogP contribution in [0.5, 0.6) is 0 Å². The Bertz CT molecular complexity index is 1010. The van der Waals surface area contributed by atoms with Crippen LogP contribution in [0.2, 0.25) is 0 Å². The van der Waals surface area contributed by atoms with Crippen molar-refractivity contribution >= 4 is 51.2 Å². The Morgan fingerprint density at radius 1 is 1.27 bits per heavy atom. The molecule has 0 saturated carbocycles. The molecule has 4 radical (unpaired) electrons. The number of rotatable bonds is 8. The molecule has 0 aromatic carbocycles. The summed E-state index contributed by atoms with van der Waals surface area (Å²) in [6, 6.07) is 1.47. The number of pyridine rings is 1. The Hall–Kier alpha value is -3.18. The van der Waals surface area contributed by atoms with E-state index in [1.54, 1.807) is 18.0 Å². The summed E-state index contributed by atoms with van der Waals surface area (Å²) in [6.45, 7) is 2.92. The van der Waals surface area contributed by atoms with E-state index in [2.05, 4.69) is 20.3 Å². The highest BCUT2D eigenvalue weighted by molar-refractivity contribution is 6.39. The first-order valence-electron chi connectivity index (χ1n) is 10.3. The number of carbonyl (C=O) groups excluding carboxylic acids is 2. The number of amides is 2. The van der Waals surface area contributed by atoms with Gasteiger partial charge < -0.3 is 25.4 Å². The normalized spacial score (nSPS) is 14.4. The lowest BCUT2D eigenvalue weighted by Gasteiger charge is -2.32. The van der Waals surface area contributed by atoms with Crippen LogP contribution < -0.4 is 20.4 Å². The van der Waals surface area contributed by atoms with Gasteiger partial charge in [0.1, 0.15) is 21.4 Å². The Balaban J connectivity index is 1.87. The zero-order chi connectivity index (χ0) is 24.2. The van der Waals surface area contributed by atoms with Gasteiger partial charge in [-0.05, 0) is 31.4 Å². The van der Waals surface area contributed by atoms with E-state index in [4.69, 9.17) is 20.4 Å². The molecule has 1 saturated heterocycles. The number of aromatic nitrogens is 3. The van der Waals surface area contributed by atoms with E-state index in [0.29, 0.717) is 48.8 Å². The van der Waals surface area contributed by atoms with Crippen LogP contribution in [0.25, 0.3) is 0 Å². The first-order chi connectivity index (χ1) is 15.6. The molecule has 13 heteroatoms. The summed E-state index contributed by atoms with van der Waals surface area (Å²) in [6.07, 6.45) is 5.27. The fourth-order valence-corrected chi connectivity index (χ4v) is 3.38. The van der Waals surface area contributed by atoms with Crippen LogP contribution in [0.3, 0.4) is 0 Å². The van der Waals surface area contributed by atoms with Gasteiger partial charge in [-0.25, -0.2) is 9.97 Å². The molecule has 2 aromatic rings. The first kappa shape index (κ1) is 24.5. The number of hydrogen-bond donors (Lipinski definition) is 3. The first-order valence-corrected chi connectivity index (χ1v) is 10.3. The van der Waals surface area contributed by atoms with Gasteiger partial charge in [-0.3, -0.25) is 14.5 Å². The van der Waals surface area contributed by atoms with Crippen molar-refractivity contribution in [3.8, 4) is 0 Å². The van der Waals surface area contributed by atoms with Crippen molar-refractivity contribution in [2.75, 3.05) is 42.4 Å². The van der Waals surface area contributed by atoms with Crippen LogP contribution in [-0.4, -0.2) is 86.9 Å². The van der Waals surface area contributed by atoms with Crippen molar-refractivity contribution in [1.82, 2.24) is 20.3 Å². The van der Waals surface area contributed by atoms with Gasteiger partial charge in [0.2, 0.25) is 12.4 Å². The Morgan fingerprint density at radius 2 is 1.97 bits per heavy atom. The van der Waals surface area contributed by atoms with E-state index in [1.807, 2.05) is 24.3 Å². The zero-order valence-electron chi connectivity index (χ0n) is 18.8. The summed E-state index contributed by atoms with van der Waals surface area (Å²) in [4.78, 5) is 40.6. The van der Waals surface area contributed by atoms with Crippen molar-refractivity contribution in [3.63, 3.8) is 0 Å². The van der Waals surface area contributed by atoms with E-state index in [1.165, 1.54) is 12.3 Å². The predicted molar refractivity (Wildman–Crippen MR) is 125 cm³/mol. The topological polar surface area (TPSA) is 133 Å². The number of aliphatic hydroxyl groups is 1. The lowest BCUT2D eigenvalue weighted by molar-refractivity contribution is -0.108. The van der Waals surface area contributed by atoms with E-state index >= 15 is 0 Å². The molecule has 0 atom stereocenters. The average Bonchev–Trinajstić information content (AvgIpc) is 2.75. The fourth-order valence-electron chi connectivity index (χ4n) is 3.38. The second-order valence-corrected chi connectivity index (χ2v) is 7.94. The maximum absolute atomic E-state index is 12.1. The maximum Gasteiger partial charge on any atom is 0.270 e. The van der Waals surface area contributed by atoms with E-state index in [-0.39, 0.29) is 17.7 Å². The highest BCUT2D eigenvalue weighted by Gasteiger charge is 2.26. The lowest BCUT2D eigenvalue weighted by atomic mass is 9.73. The van der Waals surface area contributed by atoms with E-state index in [9.17, 15) is 14.7 Å². The molecule has 1 aliphatic heterocycles. The second-order valence-electron chi connectivity index (χ2n) is 7.94. The molecule has 0 spiro atoms. The van der Waals surface area contributed by atoms with Crippen molar-refractivity contribution in [2.24, 2.45) is 0 Å². The minimum Gasteiger partial charge on any atom is -0.390 e. The molecule has 170 valence electrons. The van der Waals surface area contributed by atoms with Gasteiger partial charge in [-0.2, -0.15) is 4.98 Å². The number of ether oxygens (including phenoxy) is 1. The number of hydrogen-bond acceptors (Lipinski definition) is 9. The molecule has 0 aliphatic carbocycles. The van der Waals surface area contributed by atoms with Crippen LogP contribution in [0, 0.1) is 6.92 Å². The van der Waals surface area contributed by atoms with Crippen LogP contribution in [-0.2, 0) is 9.53 Å². The van der Waals surface area contributed by atoms with Crippen LogP contribution in [0.4, 0.5) is 23.1 Å². The van der Waals surface area contributed by atoms with Crippen LogP contribution >= 0.6 is 0 Å². The largest absolute Gasteiger partial charge is 0.390 e.